The lowest BCUT2D eigenvalue weighted by Crippen LogP contribution is -2.18. The molecular weight excluding hydrogens is 270 g/mol. The lowest BCUT2D eigenvalue weighted by atomic mass is 10.2. The zero-order valence-corrected chi connectivity index (χ0v) is 11.8. The third-order valence-corrected chi connectivity index (χ3v) is 3.46. The number of benzene rings is 1. The standard InChI is InChI=1S/C15H15N3OS/c16-15(20)12-7-6-11(10-17-12)18-8-3-9-19-14-5-2-1-4-13(14)18/h1-2,4-7,10H,3,8-9H2,(H2,16,20). The summed E-state index contributed by atoms with van der Waals surface area (Å²) in [6.07, 6.45) is 2.77. The SMILES string of the molecule is NC(=S)c1ccc(N2CCCOc3ccccc32)cn1. The summed E-state index contributed by atoms with van der Waals surface area (Å²) in [5, 5.41) is 0. The Bertz CT molecular complexity index is 627. The first kappa shape index (κ1) is 12.9. The molecule has 2 N–H and O–H groups in total. The molecule has 2 heterocycles. The Hall–Kier alpha value is -2.14. The van der Waals surface area contributed by atoms with E-state index in [2.05, 4.69) is 16.0 Å². The molecule has 3 rings (SSSR count). The molecular formula is C15H15N3OS. The summed E-state index contributed by atoms with van der Waals surface area (Å²) in [7, 11) is 0. The Balaban J connectivity index is 1.98. The van der Waals surface area contributed by atoms with Crippen LogP contribution in [0.3, 0.4) is 0 Å². The summed E-state index contributed by atoms with van der Waals surface area (Å²) in [5.74, 6) is 0.906. The lowest BCUT2D eigenvalue weighted by Gasteiger charge is -2.23. The van der Waals surface area contributed by atoms with Crippen molar-refractivity contribution < 1.29 is 4.74 Å². The number of fused-ring (bicyclic) bond motifs is 1. The molecule has 2 aromatic rings. The Morgan fingerprint density at radius 3 is 2.85 bits per heavy atom. The number of pyridine rings is 1. The van der Waals surface area contributed by atoms with Gasteiger partial charge in [0.1, 0.15) is 10.7 Å². The zero-order valence-electron chi connectivity index (χ0n) is 11.0. The van der Waals surface area contributed by atoms with Crippen molar-refractivity contribution in [2.24, 2.45) is 5.73 Å². The maximum Gasteiger partial charge on any atom is 0.142 e. The number of hydrogen-bond acceptors (Lipinski definition) is 4. The quantitative estimate of drug-likeness (QED) is 0.860. The number of rotatable bonds is 2. The summed E-state index contributed by atoms with van der Waals surface area (Å²) in [4.78, 5) is 6.83. The molecule has 0 spiro atoms. The summed E-state index contributed by atoms with van der Waals surface area (Å²) >= 11 is 4.93. The number of nitrogens with zero attached hydrogens (tertiary/aromatic N) is 2. The van der Waals surface area contributed by atoms with Crippen LogP contribution in [0.5, 0.6) is 5.75 Å². The molecule has 1 aromatic heterocycles. The molecule has 1 aromatic carbocycles. The minimum atomic E-state index is 0.316. The number of anilines is 2. The van der Waals surface area contributed by atoms with Crippen LogP contribution in [-0.2, 0) is 0 Å². The second kappa shape index (κ2) is 5.46. The van der Waals surface area contributed by atoms with Crippen molar-refractivity contribution in [3.05, 3.63) is 48.3 Å². The summed E-state index contributed by atoms with van der Waals surface area (Å²) in [6, 6.07) is 11.9. The van der Waals surface area contributed by atoms with E-state index in [-0.39, 0.29) is 0 Å². The van der Waals surface area contributed by atoms with E-state index in [0.29, 0.717) is 10.7 Å². The number of para-hydroxylation sites is 2. The van der Waals surface area contributed by atoms with E-state index in [1.54, 1.807) is 6.20 Å². The van der Waals surface area contributed by atoms with Crippen molar-refractivity contribution in [1.82, 2.24) is 4.98 Å². The van der Waals surface area contributed by atoms with Crippen LogP contribution < -0.4 is 15.4 Å². The van der Waals surface area contributed by atoms with E-state index < -0.39 is 0 Å². The van der Waals surface area contributed by atoms with Gasteiger partial charge >= 0.3 is 0 Å². The van der Waals surface area contributed by atoms with Gasteiger partial charge in [0.2, 0.25) is 0 Å². The van der Waals surface area contributed by atoms with E-state index in [1.807, 2.05) is 30.3 Å². The number of aromatic nitrogens is 1. The molecule has 0 amide bonds. The molecule has 0 saturated carbocycles. The average molecular weight is 285 g/mol. The molecule has 0 radical (unpaired) electrons. The van der Waals surface area contributed by atoms with Crippen LogP contribution in [0, 0.1) is 0 Å². The van der Waals surface area contributed by atoms with Gasteiger partial charge in [0.05, 0.1) is 29.9 Å². The number of ether oxygens (including phenoxy) is 1. The molecule has 0 aliphatic carbocycles. The van der Waals surface area contributed by atoms with Gasteiger partial charge in [-0.1, -0.05) is 24.4 Å². The topological polar surface area (TPSA) is 51.4 Å². The van der Waals surface area contributed by atoms with Crippen molar-refractivity contribution in [2.75, 3.05) is 18.1 Å². The first-order valence-corrected chi connectivity index (χ1v) is 6.92. The fourth-order valence-electron chi connectivity index (χ4n) is 2.29. The van der Waals surface area contributed by atoms with Gasteiger partial charge in [0.15, 0.2) is 0 Å². The van der Waals surface area contributed by atoms with Gasteiger partial charge in [-0.15, -0.1) is 0 Å². The van der Waals surface area contributed by atoms with Gasteiger partial charge < -0.3 is 15.4 Å². The van der Waals surface area contributed by atoms with E-state index in [4.69, 9.17) is 22.7 Å². The highest BCUT2D eigenvalue weighted by Gasteiger charge is 2.17. The largest absolute Gasteiger partial charge is 0.491 e. The predicted octanol–water partition coefficient (Wildman–Crippen LogP) is 2.64. The van der Waals surface area contributed by atoms with Gasteiger partial charge in [-0.05, 0) is 30.7 Å². The first-order valence-electron chi connectivity index (χ1n) is 6.51. The molecule has 0 atom stereocenters. The van der Waals surface area contributed by atoms with Gasteiger partial charge in [-0.3, -0.25) is 4.98 Å². The number of nitrogens with two attached hydrogens (primary N) is 1. The highest BCUT2D eigenvalue weighted by atomic mass is 32.1. The zero-order chi connectivity index (χ0) is 13.9. The first-order chi connectivity index (χ1) is 9.75. The minimum absolute atomic E-state index is 0.316. The normalized spacial score (nSPS) is 14.1. The van der Waals surface area contributed by atoms with Gasteiger partial charge in [0, 0.05) is 6.54 Å². The van der Waals surface area contributed by atoms with Crippen LogP contribution in [-0.4, -0.2) is 23.1 Å². The Morgan fingerprint density at radius 2 is 2.10 bits per heavy atom. The highest BCUT2D eigenvalue weighted by molar-refractivity contribution is 7.80. The minimum Gasteiger partial charge on any atom is -0.491 e. The van der Waals surface area contributed by atoms with Gasteiger partial charge in [-0.2, -0.15) is 0 Å². The maximum atomic E-state index is 5.76. The molecule has 0 bridgehead atoms. The van der Waals surface area contributed by atoms with Crippen LogP contribution in [0.2, 0.25) is 0 Å². The van der Waals surface area contributed by atoms with E-state index in [1.165, 1.54) is 0 Å². The van der Waals surface area contributed by atoms with E-state index >= 15 is 0 Å². The van der Waals surface area contributed by atoms with E-state index in [9.17, 15) is 0 Å². The molecule has 5 heteroatoms. The molecule has 102 valence electrons. The smallest absolute Gasteiger partial charge is 0.142 e. The van der Waals surface area contributed by atoms with Gasteiger partial charge in [-0.25, -0.2) is 0 Å². The van der Waals surface area contributed by atoms with Crippen molar-refractivity contribution in [2.45, 2.75) is 6.42 Å². The van der Waals surface area contributed by atoms with Gasteiger partial charge in [0.25, 0.3) is 0 Å². The maximum absolute atomic E-state index is 5.76. The van der Waals surface area contributed by atoms with Crippen LogP contribution in [0.15, 0.2) is 42.6 Å². The molecule has 0 unspecified atom stereocenters. The Morgan fingerprint density at radius 1 is 1.25 bits per heavy atom. The molecule has 1 aliphatic rings. The van der Waals surface area contributed by atoms with Crippen molar-refractivity contribution >= 4 is 28.6 Å². The van der Waals surface area contributed by atoms with Crippen LogP contribution in [0.25, 0.3) is 0 Å². The predicted molar refractivity (Wildman–Crippen MR) is 83.7 cm³/mol. The highest BCUT2D eigenvalue weighted by Crippen LogP contribution is 2.35. The van der Waals surface area contributed by atoms with Crippen LogP contribution >= 0.6 is 12.2 Å². The third-order valence-electron chi connectivity index (χ3n) is 3.25. The monoisotopic (exact) mass is 285 g/mol. The van der Waals surface area contributed by atoms with Crippen molar-refractivity contribution in [1.29, 1.82) is 0 Å². The molecule has 1 aliphatic heterocycles. The molecule has 4 nitrogen and oxygen atoms in total. The fraction of sp³-hybridized carbons (Fsp3) is 0.200. The Kier molecular flexibility index (Phi) is 3.52. The summed E-state index contributed by atoms with van der Waals surface area (Å²) in [5.41, 5.74) is 8.30. The fourth-order valence-corrected chi connectivity index (χ4v) is 2.41. The number of thiocarbonyl (C=S) groups is 1. The third kappa shape index (κ3) is 2.44. The Labute approximate surface area is 123 Å². The van der Waals surface area contributed by atoms with E-state index in [0.717, 1.165) is 36.7 Å². The van der Waals surface area contributed by atoms with Crippen LogP contribution in [0.1, 0.15) is 12.1 Å². The average Bonchev–Trinajstić information content (AvgIpc) is 2.69. The van der Waals surface area contributed by atoms with Crippen molar-refractivity contribution in [3.63, 3.8) is 0 Å². The second-order valence-corrected chi connectivity index (χ2v) is 5.03. The molecule has 0 fully saturated rings. The second-order valence-electron chi connectivity index (χ2n) is 4.59. The molecule has 20 heavy (non-hydrogen) atoms. The van der Waals surface area contributed by atoms with Crippen LogP contribution in [0.4, 0.5) is 11.4 Å². The lowest BCUT2D eigenvalue weighted by molar-refractivity contribution is 0.322. The number of hydrogen-bond donors (Lipinski definition) is 1. The molecule has 0 saturated heterocycles. The van der Waals surface area contributed by atoms with Crippen molar-refractivity contribution in [3.8, 4) is 5.75 Å². The summed E-state index contributed by atoms with van der Waals surface area (Å²) in [6.45, 7) is 1.62. The summed E-state index contributed by atoms with van der Waals surface area (Å²) < 4.78 is 5.76.